The number of quaternary nitrogens is 1. The summed E-state index contributed by atoms with van der Waals surface area (Å²) in [7, 11) is -8.56. The van der Waals surface area contributed by atoms with Gasteiger partial charge in [-0.25, -0.2) is 0 Å². The average Bonchev–Trinajstić information content (AvgIpc) is 3.14. The van der Waals surface area contributed by atoms with E-state index in [9.17, 15) is 25.2 Å². The number of hydrogen-bond donors (Lipinski definition) is 0. The molecule has 0 unspecified atom stereocenters. The Morgan fingerprint density at radius 1 is 0.629 bits per heavy atom. The van der Waals surface area contributed by atoms with Crippen LogP contribution < -0.4 is 0 Å². The van der Waals surface area contributed by atoms with E-state index in [0.717, 1.165) is 6.67 Å². The maximum absolute atomic E-state index is 10.7. The molecule has 0 radical (unpaired) electrons. The quantitative estimate of drug-likeness (QED) is 0.104. The van der Waals surface area contributed by atoms with Crippen molar-refractivity contribution in [2.24, 2.45) is 0 Å². The zero-order valence-corrected chi connectivity index (χ0v) is 25.5. The fraction of sp³-hybridized carbons (Fsp3) is 0.917. The summed E-state index contributed by atoms with van der Waals surface area (Å²) >= 11 is 0. The summed E-state index contributed by atoms with van der Waals surface area (Å²) in [6, 6.07) is 0. The van der Waals surface area contributed by atoms with Crippen LogP contribution in [0.25, 0.3) is 0 Å². The van der Waals surface area contributed by atoms with Crippen LogP contribution in [0.4, 0.5) is 25.2 Å². The van der Waals surface area contributed by atoms with Crippen LogP contribution in [0.15, 0.2) is 12.4 Å². The van der Waals surface area contributed by atoms with Gasteiger partial charge in [-0.3, -0.25) is 0 Å². The normalized spacial score (nSPS) is 15.3. The van der Waals surface area contributed by atoms with E-state index in [2.05, 4.69) is 63.9 Å². The molecule has 0 saturated heterocycles. The molecule has 3 nitrogen and oxygen atoms in total. The van der Waals surface area contributed by atoms with Crippen LogP contribution >= 0.6 is 24.8 Å². The van der Waals surface area contributed by atoms with Crippen molar-refractivity contribution >= 4 is 24.8 Å². The van der Waals surface area contributed by atoms with Gasteiger partial charge in [0, 0.05) is 26.0 Å². The molecule has 0 aromatic heterocycles. The van der Waals surface area contributed by atoms with Gasteiger partial charge in [-0.05, 0) is 32.1 Å². The molecule has 0 aromatic carbocycles. The predicted octanol–water partition coefficient (Wildman–Crippen LogP) is 10.4. The first kappa shape index (κ1) is 39.3. The standard InChI is InChI=1S/C16H36N.C8H16N2.BrH.F6P/c1-5-9-13-17(14-10-6-2,15-11-7-3)16-12-8-4;1-3-4-5-10-7-6-9(2)8-10;;1-7(2,3,4,5)6/h5-16H2,1-4H3;6-7H,3-5,8H2,1-2H3;1H;/q+1;;;-1. The SMILES string of the molecule is Br.CCCCN1C=CN(C)C1.CCCC[N+](CCCC)(CCCC)CCCC.F[P-](F)(F)(F)(F)F. The number of halogens is 7. The molecule has 0 amide bonds. The Labute approximate surface area is 221 Å². The molecule has 0 aromatic rings. The summed E-state index contributed by atoms with van der Waals surface area (Å²) in [6.07, 6.45) is 17.9. The fourth-order valence-corrected chi connectivity index (χ4v) is 3.74. The third-order valence-corrected chi connectivity index (χ3v) is 5.68. The Kier molecular flexibility index (Phi) is 20.3. The number of hydrogen-bond acceptors (Lipinski definition) is 2. The Bertz CT molecular complexity index is 483. The molecule has 11 heteroatoms. The second kappa shape index (κ2) is 18.1. The van der Waals surface area contributed by atoms with Gasteiger partial charge in [0.2, 0.25) is 0 Å². The van der Waals surface area contributed by atoms with Crippen molar-refractivity contribution in [3.8, 4) is 0 Å². The monoisotopic (exact) mass is 607 g/mol. The van der Waals surface area contributed by atoms with Crippen LogP contribution in [0.1, 0.15) is 98.8 Å². The number of nitrogens with zero attached hydrogens (tertiary/aromatic N) is 3. The van der Waals surface area contributed by atoms with Gasteiger partial charge in [-0.15, -0.1) is 17.0 Å². The van der Waals surface area contributed by atoms with E-state index in [4.69, 9.17) is 0 Å². The van der Waals surface area contributed by atoms with E-state index in [-0.39, 0.29) is 17.0 Å². The molecule has 1 heterocycles. The Hall–Kier alpha value is -0.210. The van der Waals surface area contributed by atoms with Crippen molar-refractivity contribution in [3.63, 3.8) is 0 Å². The van der Waals surface area contributed by atoms with E-state index in [1.165, 1.54) is 101 Å². The first-order valence-electron chi connectivity index (χ1n) is 13.1. The summed E-state index contributed by atoms with van der Waals surface area (Å²) in [4.78, 5) is 4.53. The summed E-state index contributed by atoms with van der Waals surface area (Å²) in [5.41, 5.74) is 0. The molecule has 0 atom stereocenters. The number of rotatable bonds is 15. The summed E-state index contributed by atoms with van der Waals surface area (Å²) in [6.45, 7) is 19.5. The van der Waals surface area contributed by atoms with Crippen LogP contribution in [-0.2, 0) is 0 Å². The van der Waals surface area contributed by atoms with Gasteiger partial charge in [0.25, 0.3) is 0 Å². The van der Waals surface area contributed by atoms with E-state index in [1.54, 1.807) is 0 Å². The second-order valence-corrected chi connectivity index (χ2v) is 11.4. The minimum absolute atomic E-state index is 0. The van der Waals surface area contributed by atoms with E-state index < -0.39 is 7.81 Å². The molecule has 0 spiro atoms. The van der Waals surface area contributed by atoms with E-state index in [1.807, 2.05) is 0 Å². The molecule has 1 rings (SSSR count). The van der Waals surface area contributed by atoms with E-state index >= 15 is 0 Å². The van der Waals surface area contributed by atoms with Crippen LogP contribution in [0, 0.1) is 0 Å². The average molecular weight is 609 g/mol. The third-order valence-electron chi connectivity index (χ3n) is 5.68. The van der Waals surface area contributed by atoms with Crippen molar-refractivity contribution in [1.82, 2.24) is 9.80 Å². The molecule has 0 fully saturated rings. The third kappa shape index (κ3) is 31.8. The van der Waals surface area contributed by atoms with Gasteiger partial charge in [-0.1, -0.05) is 66.7 Å². The molecule has 0 N–H and O–H groups in total. The van der Waals surface area contributed by atoms with Gasteiger partial charge in [0.15, 0.2) is 0 Å². The Balaban J connectivity index is -0.000000481. The van der Waals surface area contributed by atoms with E-state index in [0.29, 0.717) is 0 Å². The summed E-state index contributed by atoms with van der Waals surface area (Å²) in [5, 5.41) is 0. The van der Waals surface area contributed by atoms with Crippen LogP contribution in [0.3, 0.4) is 0 Å². The van der Waals surface area contributed by atoms with Gasteiger partial charge < -0.3 is 14.3 Å². The molecule has 1 aliphatic heterocycles. The van der Waals surface area contributed by atoms with Crippen LogP contribution in [-0.4, -0.2) is 60.7 Å². The predicted molar refractivity (Wildman–Crippen MR) is 147 cm³/mol. The molecule has 1 aliphatic rings. The topological polar surface area (TPSA) is 6.48 Å². The van der Waals surface area contributed by atoms with Crippen molar-refractivity contribution in [2.75, 3.05) is 46.4 Å². The summed E-state index contributed by atoms with van der Waals surface area (Å²) < 4.78 is 60.6. The number of unbranched alkanes of at least 4 members (excludes halogenated alkanes) is 5. The zero-order chi connectivity index (χ0) is 26.8. The Morgan fingerprint density at radius 3 is 1.17 bits per heavy atom. The van der Waals surface area contributed by atoms with Crippen molar-refractivity contribution in [3.05, 3.63) is 12.4 Å². The molecule has 0 aliphatic carbocycles. The molecule has 0 bridgehead atoms. The molecule has 218 valence electrons. The van der Waals surface area contributed by atoms with Gasteiger partial charge in [-0.2, -0.15) is 0 Å². The van der Waals surface area contributed by atoms with Crippen LogP contribution in [0.5, 0.6) is 0 Å². The van der Waals surface area contributed by atoms with Gasteiger partial charge >= 0.3 is 33.0 Å². The second-order valence-electron chi connectivity index (χ2n) is 9.47. The first-order valence-corrected chi connectivity index (χ1v) is 15.1. The van der Waals surface area contributed by atoms with Gasteiger partial charge in [0.05, 0.1) is 32.8 Å². The first-order chi connectivity index (χ1) is 15.5. The maximum atomic E-state index is 9.87. The Morgan fingerprint density at radius 2 is 0.943 bits per heavy atom. The zero-order valence-electron chi connectivity index (χ0n) is 22.9. The molecular formula is C24H53BrF6N3P. The summed E-state index contributed by atoms with van der Waals surface area (Å²) in [5.74, 6) is 0. The molecule has 35 heavy (non-hydrogen) atoms. The van der Waals surface area contributed by atoms with Crippen molar-refractivity contribution < 1.29 is 29.7 Å². The van der Waals surface area contributed by atoms with Gasteiger partial charge in [0.1, 0.15) is 0 Å². The fourth-order valence-electron chi connectivity index (χ4n) is 3.74. The van der Waals surface area contributed by atoms with Crippen molar-refractivity contribution in [2.45, 2.75) is 98.8 Å². The molecular weight excluding hydrogens is 555 g/mol. The van der Waals surface area contributed by atoms with Crippen LogP contribution in [0.2, 0.25) is 0 Å². The van der Waals surface area contributed by atoms with Crippen molar-refractivity contribution in [1.29, 1.82) is 0 Å². The minimum atomic E-state index is -10.7. The molecule has 0 saturated carbocycles.